The van der Waals surface area contributed by atoms with Crippen LogP contribution in [0.2, 0.25) is 0 Å². The van der Waals surface area contributed by atoms with Crippen LogP contribution in [0.25, 0.3) is 5.82 Å². The van der Waals surface area contributed by atoms with Gasteiger partial charge in [0.2, 0.25) is 0 Å². The summed E-state index contributed by atoms with van der Waals surface area (Å²) in [4.78, 5) is 13.8. The lowest BCUT2D eigenvalue weighted by atomic mass is 10.2. The minimum atomic E-state index is -0.0770. The van der Waals surface area contributed by atoms with E-state index in [-0.39, 0.29) is 5.91 Å². The molecule has 0 aromatic carbocycles. The predicted octanol–water partition coefficient (Wildman–Crippen LogP) is 0.752. The maximum atomic E-state index is 11.6. The molecular formula is C14H16N6O. The van der Waals surface area contributed by atoms with Gasteiger partial charge < -0.3 is 10.2 Å². The number of fused-ring (bicyclic) bond motifs is 1. The summed E-state index contributed by atoms with van der Waals surface area (Å²) in [7, 11) is 0. The van der Waals surface area contributed by atoms with Crippen LogP contribution >= 0.6 is 0 Å². The fourth-order valence-corrected chi connectivity index (χ4v) is 2.86. The standard InChI is InChI=1S/C14H16N6O/c1-9-4-5-19(7-9)12-2-3-13(17-16-12)20-8-10-11(18-20)6-15-14(10)21/h2-3,8-9H,4-7H2,1H3,(H,15,21)/t9-/m0/s1. The molecular weight excluding hydrogens is 268 g/mol. The number of aromatic nitrogens is 4. The Morgan fingerprint density at radius 2 is 2.10 bits per heavy atom. The van der Waals surface area contributed by atoms with Crippen molar-refractivity contribution in [3.05, 3.63) is 29.6 Å². The van der Waals surface area contributed by atoms with E-state index in [9.17, 15) is 4.79 Å². The molecule has 0 bridgehead atoms. The van der Waals surface area contributed by atoms with Crippen molar-refractivity contribution >= 4 is 11.7 Å². The zero-order valence-corrected chi connectivity index (χ0v) is 11.8. The number of rotatable bonds is 2. The van der Waals surface area contributed by atoms with Crippen LogP contribution in [0.3, 0.4) is 0 Å². The third kappa shape index (κ3) is 2.05. The Morgan fingerprint density at radius 1 is 1.29 bits per heavy atom. The van der Waals surface area contributed by atoms with E-state index < -0.39 is 0 Å². The molecule has 4 rings (SSSR count). The van der Waals surface area contributed by atoms with Gasteiger partial charge in [-0.05, 0) is 24.5 Å². The summed E-state index contributed by atoms with van der Waals surface area (Å²) in [6.45, 7) is 4.80. The molecule has 21 heavy (non-hydrogen) atoms. The molecule has 0 spiro atoms. The number of nitrogens with one attached hydrogen (secondary N) is 1. The average Bonchev–Trinajstić information content (AvgIpc) is 3.17. The van der Waals surface area contributed by atoms with Crippen molar-refractivity contribution in [2.24, 2.45) is 5.92 Å². The van der Waals surface area contributed by atoms with Gasteiger partial charge in [0.25, 0.3) is 5.91 Å². The van der Waals surface area contributed by atoms with E-state index in [1.807, 2.05) is 12.1 Å². The smallest absolute Gasteiger partial charge is 0.255 e. The molecule has 1 N–H and O–H groups in total. The van der Waals surface area contributed by atoms with Crippen LogP contribution in [-0.2, 0) is 6.54 Å². The Hall–Kier alpha value is -2.44. The van der Waals surface area contributed by atoms with Crippen LogP contribution in [-0.4, -0.2) is 39.0 Å². The molecule has 108 valence electrons. The molecule has 2 aromatic heterocycles. The molecule has 7 nitrogen and oxygen atoms in total. The zero-order valence-electron chi connectivity index (χ0n) is 11.8. The number of nitrogens with zero attached hydrogens (tertiary/aromatic N) is 5. The highest BCUT2D eigenvalue weighted by atomic mass is 16.2. The topological polar surface area (TPSA) is 75.9 Å². The van der Waals surface area contributed by atoms with E-state index in [4.69, 9.17) is 0 Å². The number of carbonyl (C=O) groups excluding carboxylic acids is 1. The van der Waals surface area contributed by atoms with Crippen molar-refractivity contribution in [2.75, 3.05) is 18.0 Å². The lowest BCUT2D eigenvalue weighted by molar-refractivity contribution is 0.0965. The molecule has 0 radical (unpaired) electrons. The highest BCUT2D eigenvalue weighted by Gasteiger charge is 2.24. The van der Waals surface area contributed by atoms with Gasteiger partial charge in [0.1, 0.15) is 0 Å². The van der Waals surface area contributed by atoms with Crippen molar-refractivity contribution in [3.8, 4) is 5.82 Å². The minimum absolute atomic E-state index is 0.0770. The van der Waals surface area contributed by atoms with Crippen LogP contribution < -0.4 is 10.2 Å². The Morgan fingerprint density at radius 3 is 2.76 bits per heavy atom. The van der Waals surface area contributed by atoms with Crippen molar-refractivity contribution in [1.82, 2.24) is 25.3 Å². The maximum absolute atomic E-state index is 11.6. The van der Waals surface area contributed by atoms with Crippen LogP contribution in [0, 0.1) is 5.92 Å². The third-order valence-electron chi connectivity index (χ3n) is 4.07. The van der Waals surface area contributed by atoms with Gasteiger partial charge in [0, 0.05) is 19.3 Å². The number of anilines is 1. The van der Waals surface area contributed by atoms with Crippen molar-refractivity contribution in [1.29, 1.82) is 0 Å². The van der Waals surface area contributed by atoms with E-state index in [1.165, 1.54) is 6.42 Å². The van der Waals surface area contributed by atoms with Gasteiger partial charge in [-0.2, -0.15) is 5.10 Å². The summed E-state index contributed by atoms with van der Waals surface area (Å²) in [6, 6.07) is 3.86. The summed E-state index contributed by atoms with van der Waals surface area (Å²) in [5.41, 5.74) is 1.38. The summed E-state index contributed by atoms with van der Waals surface area (Å²) in [5.74, 6) is 2.17. The van der Waals surface area contributed by atoms with Crippen LogP contribution in [0.15, 0.2) is 18.3 Å². The molecule has 2 aliphatic rings. The van der Waals surface area contributed by atoms with Crippen LogP contribution in [0.4, 0.5) is 5.82 Å². The van der Waals surface area contributed by atoms with Gasteiger partial charge >= 0.3 is 0 Å². The Balaban J connectivity index is 1.59. The highest BCUT2D eigenvalue weighted by molar-refractivity contribution is 5.97. The lowest BCUT2D eigenvalue weighted by Crippen LogP contribution is -2.21. The first-order valence-corrected chi connectivity index (χ1v) is 7.16. The Bertz CT molecular complexity index is 692. The second-order valence-corrected chi connectivity index (χ2v) is 5.71. The summed E-state index contributed by atoms with van der Waals surface area (Å²) in [6.07, 6.45) is 2.91. The molecule has 0 saturated carbocycles. The van der Waals surface area contributed by atoms with E-state index in [0.717, 1.165) is 24.6 Å². The molecule has 2 aromatic rings. The monoisotopic (exact) mass is 284 g/mol. The van der Waals surface area contributed by atoms with Gasteiger partial charge in [0.15, 0.2) is 11.6 Å². The first-order valence-electron chi connectivity index (χ1n) is 7.16. The Kier molecular flexibility index (Phi) is 2.66. The third-order valence-corrected chi connectivity index (χ3v) is 4.07. The molecule has 7 heteroatoms. The normalized spacial score (nSPS) is 20.7. The van der Waals surface area contributed by atoms with E-state index in [1.54, 1.807) is 10.9 Å². The van der Waals surface area contributed by atoms with E-state index in [0.29, 0.717) is 23.8 Å². The predicted molar refractivity (Wildman–Crippen MR) is 76.3 cm³/mol. The number of hydrogen-bond acceptors (Lipinski definition) is 5. The minimum Gasteiger partial charge on any atom is -0.355 e. The molecule has 1 amide bonds. The molecule has 0 unspecified atom stereocenters. The van der Waals surface area contributed by atoms with Gasteiger partial charge in [-0.25, -0.2) is 4.68 Å². The summed E-state index contributed by atoms with van der Waals surface area (Å²) in [5, 5.41) is 15.6. The summed E-state index contributed by atoms with van der Waals surface area (Å²) >= 11 is 0. The number of amides is 1. The second kappa shape index (κ2) is 4.54. The quantitative estimate of drug-likeness (QED) is 0.880. The number of hydrogen-bond donors (Lipinski definition) is 1. The van der Waals surface area contributed by atoms with Gasteiger partial charge in [0.05, 0.1) is 17.8 Å². The summed E-state index contributed by atoms with van der Waals surface area (Å²) < 4.78 is 1.62. The Labute approximate surface area is 122 Å². The van der Waals surface area contributed by atoms with Crippen LogP contribution in [0.5, 0.6) is 0 Å². The lowest BCUT2D eigenvalue weighted by Gasteiger charge is -2.16. The van der Waals surface area contributed by atoms with E-state index >= 15 is 0 Å². The van der Waals surface area contributed by atoms with Gasteiger partial charge in [-0.3, -0.25) is 4.79 Å². The maximum Gasteiger partial charge on any atom is 0.255 e. The second-order valence-electron chi connectivity index (χ2n) is 5.71. The SMILES string of the molecule is C[C@H]1CCN(c2ccc(-n3cc4c(n3)CNC4=O)nn2)C1. The van der Waals surface area contributed by atoms with Crippen molar-refractivity contribution in [3.63, 3.8) is 0 Å². The first kappa shape index (κ1) is 12.3. The van der Waals surface area contributed by atoms with Crippen molar-refractivity contribution < 1.29 is 4.79 Å². The molecule has 1 atom stereocenters. The highest BCUT2D eigenvalue weighted by Crippen LogP contribution is 2.22. The fraction of sp³-hybridized carbons (Fsp3) is 0.429. The molecule has 2 aliphatic heterocycles. The molecule has 4 heterocycles. The molecule has 1 saturated heterocycles. The molecule has 0 aliphatic carbocycles. The van der Waals surface area contributed by atoms with Gasteiger partial charge in [-0.15, -0.1) is 10.2 Å². The fourth-order valence-electron chi connectivity index (χ4n) is 2.86. The van der Waals surface area contributed by atoms with Crippen LogP contribution in [0.1, 0.15) is 29.4 Å². The number of carbonyl (C=O) groups is 1. The zero-order chi connectivity index (χ0) is 14.4. The first-order chi connectivity index (χ1) is 10.2. The van der Waals surface area contributed by atoms with E-state index in [2.05, 4.69) is 32.4 Å². The molecule has 1 fully saturated rings. The average molecular weight is 284 g/mol. The largest absolute Gasteiger partial charge is 0.355 e. The van der Waals surface area contributed by atoms with Crippen molar-refractivity contribution in [2.45, 2.75) is 19.9 Å². The van der Waals surface area contributed by atoms with Gasteiger partial charge in [-0.1, -0.05) is 6.92 Å².